The van der Waals surface area contributed by atoms with Gasteiger partial charge in [-0.1, -0.05) is 30.3 Å². The molecule has 0 atom stereocenters. The Labute approximate surface area is 122 Å². The Bertz CT molecular complexity index is 617. The summed E-state index contributed by atoms with van der Waals surface area (Å²) in [5.41, 5.74) is 6.58. The number of hydrogen-bond acceptors (Lipinski definition) is 2. The van der Waals surface area contributed by atoms with E-state index in [1.54, 1.807) is 0 Å². The van der Waals surface area contributed by atoms with Gasteiger partial charge in [0, 0.05) is 25.2 Å². The molecular weight excluding hydrogens is 274 g/mol. The van der Waals surface area contributed by atoms with E-state index < -0.39 is 11.6 Å². The third-order valence-corrected chi connectivity index (χ3v) is 3.07. The van der Waals surface area contributed by atoms with Gasteiger partial charge in [0.25, 0.3) is 5.91 Å². The summed E-state index contributed by atoms with van der Waals surface area (Å²) in [5.74, 6) is -2.38. The molecule has 0 saturated carbocycles. The van der Waals surface area contributed by atoms with Gasteiger partial charge in [0.05, 0.1) is 0 Å². The van der Waals surface area contributed by atoms with Crippen molar-refractivity contribution in [1.82, 2.24) is 4.90 Å². The lowest BCUT2D eigenvalue weighted by Gasteiger charge is -2.22. The van der Waals surface area contributed by atoms with E-state index >= 15 is 0 Å². The molecule has 0 saturated heterocycles. The first-order valence-electron chi connectivity index (χ1n) is 6.60. The molecule has 0 bridgehead atoms. The number of rotatable bonds is 5. The Morgan fingerprint density at radius 1 is 1.05 bits per heavy atom. The molecule has 0 aromatic heterocycles. The van der Waals surface area contributed by atoms with Crippen LogP contribution in [-0.2, 0) is 6.54 Å². The van der Waals surface area contributed by atoms with Crippen molar-refractivity contribution in [3.05, 3.63) is 71.3 Å². The van der Waals surface area contributed by atoms with Gasteiger partial charge in [-0.2, -0.15) is 0 Å². The molecular formula is C16H16F2N2O. The van der Waals surface area contributed by atoms with E-state index in [4.69, 9.17) is 5.73 Å². The Morgan fingerprint density at radius 2 is 1.76 bits per heavy atom. The molecule has 0 unspecified atom stereocenters. The molecule has 2 aromatic rings. The molecule has 0 aliphatic heterocycles. The van der Waals surface area contributed by atoms with Crippen LogP contribution in [0.2, 0.25) is 0 Å². The summed E-state index contributed by atoms with van der Waals surface area (Å²) >= 11 is 0. The minimum atomic E-state index is -1.03. The smallest absolute Gasteiger partial charge is 0.254 e. The van der Waals surface area contributed by atoms with Gasteiger partial charge in [-0.3, -0.25) is 4.79 Å². The molecule has 0 fully saturated rings. The second-order valence-corrected chi connectivity index (χ2v) is 4.63. The highest BCUT2D eigenvalue weighted by Gasteiger charge is 2.17. The van der Waals surface area contributed by atoms with E-state index in [1.807, 2.05) is 30.3 Å². The van der Waals surface area contributed by atoms with Crippen LogP contribution >= 0.6 is 0 Å². The Kier molecular flexibility index (Phi) is 5.00. The number of benzene rings is 2. The fourth-order valence-corrected chi connectivity index (χ4v) is 2.02. The molecule has 0 heterocycles. The minimum absolute atomic E-state index is 0.110. The molecule has 0 aliphatic rings. The maximum atomic E-state index is 13.2. The van der Waals surface area contributed by atoms with Crippen molar-refractivity contribution in [2.75, 3.05) is 13.1 Å². The van der Waals surface area contributed by atoms with Crippen molar-refractivity contribution in [2.45, 2.75) is 6.54 Å². The zero-order valence-electron chi connectivity index (χ0n) is 11.4. The number of carbonyl (C=O) groups is 1. The third kappa shape index (κ3) is 3.86. The van der Waals surface area contributed by atoms with Gasteiger partial charge in [-0.05, 0) is 23.8 Å². The predicted molar refractivity (Wildman–Crippen MR) is 76.6 cm³/mol. The molecule has 1 amide bonds. The largest absolute Gasteiger partial charge is 0.333 e. The highest BCUT2D eigenvalue weighted by atomic mass is 19.2. The minimum Gasteiger partial charge on any atom is -0.333 e. The Hall–Kier alpha value is -2.27. The lowest BCUT2D eigenvalue weighted by atomic mass is 10.1. The monoisotopic (exact) mass is 290 g/mol. The lowest BCUT2D eigenvalue weighted by Crippen LogP contribution is -2.35. The fraction of sp³-hybridized carbons (Fsp3) is 0.188. The second kappa shape index (κ2) is 6.95. The van der Waals surface area contributed by atoms with Crippen LogP contribution in [0.1, 0.15) is 15.9 Å². The number of halogens is 2. The summed E-state index contributed by atoms with van der Waals surface area (Å²) < 4.78 is 26.2. The molecule has 21 heavy (non-hydrogen) atoms. The van der Waals surface area contributed by atoms with E-state index in [0.29, 0.717) is 19.6 Å². The van der Waals surface area contributed by atoms with Crippen molar-refractivity contribution in [3.63, 3.8) is 0 Å². The molecule has 110 valence electrons. The van der Waals surface area contributed by atoms with Crippen molar-refractivity contribution >= 4 is 5.91 Å². The summed E-state index contributed by atoms with van der Waals surface area (Å²) in [4.78, 5) is 13.9. The van der Waals surface area contributed by atoms with Gasteiger partial charge in [0.2, 0.25) is 0 Å². The van der Waals surface area contributed by atoms with Gasteiger partial charge < -0.3 is 10.6 Å². The van der Waals surface area contributed by atoms with Crippen molar-refractivity contribution in [1.29, 1.82) is 0 Å². The molecule has 2 rings (SSSR count). The molecule has 3 nitrogen and oxygen atoms in total. The normalized spacial score (nSPS) is 10.4. The predicted octanol–water partition coefficient (Wildman–Crippen LogP) is 2.57. The van der Waals surface area contributed by atoms with Gasteiger partial charge in [-0.15, -0.1) is 0 Å². The van der Waals surface area contributed by atoms with Crippen LogP contribution in [0.4, 0.5) is 8.78 Å². The van der Waals surface area contributed by atoms with Crippen LogP contribution in [-0.4, -0.2) is 23.9 Å². The van der Waals surface area contributed by atoms with Gasteiger partial charge in [0.15, 0.2) is 11.6 Å². The van der Waals surface area contributed by atoms with Crippen LogP contribution in [0, 0.1) is 11.6 Å². The standard InChI is InChI=1S/C16H16F2N2O/c17-14-7-6-13(10-15(14)18)16(21)20(9-8-19)11-12-4-2-1-3-5-12/h1-7,10H,8-9,11,19H2. The van der Waals surface area contributed by atoms with Crippen molar-refractivity contribution in [3.8, 4) is 0 Å². The molecule has 0 radical (unpaired) electrons. The highest BCUT2D eigenvalue weighted by Crippen LogP contribution is 2.13. The third-order valence-electron chi connectivity index (χ3n) is 3.07. The van der Waals surface area contributed by atoms with Crippen molar-refractivity contribution < 1.29 is 13.6 Å². The van der Waals surface area contributed by atoms with E-state index in [2.05, 4.69) is 0 Å². The van der Waals surface area contributed by atoms with Crippen LogP contribution in [0.15, 0.2) is 48.5 Å². The summed E-state index contributed by atoms with van der Waals surface area (Å²) in [6, 6.07) is 12.5. The van der Waals surface area contributed by atoms with E-state index in [0.717, 1.165) is 17.7 Å². The van der Waals surface area contributed by atoms with Crippen LogP contribution < -0.4 is 5.73 Å². The zero-order chi connectivity index (χ0) is 15.2. The average molecular weight is 290 g/mol. The first-order chi connectivity index (χ1) is 10.1. The average Bonchev–Trinajstić information content (AvgIpc) is 2.50. The van der Waals surface area contributed by atoms with Gasteiger partial charge in [-0.25, -0.2) is 8.78 Å². The highest BCUT2D eigenvalue weighted by molar-refractivity contribution is 5.94. The van der Waals surface area contributed by atoms with Crippen molar-refractivity contribution in [2.24, 2.45) is 5.73 Å². The van der Waals surface area contributed by atoms with Gasteiger partial charge in [0.1, 0.15) is 0 Å². The number of amides is 1. The fourth-order valence-electron chi connectivity index (χ4n) is 2.02. The first kappa shape index (κ1) is 15.1. The maximum Gasteiger partial charge on any atom is 0.254 e. The summed E-state index contributed by atoms with van der Waals surface area (Å²) in [7, 11) is 0. The quantitative estimate of drug-likeness (QED) is 0.920. The Morgan fingerprint density at radius 3 is 2.38 bits per heavy atom. The number of nitrogens with zero attached hydrogens (tertiary/aromatic N) is 1. The van der Waals surface area contributed by atoms with Crippen LogP contribution in [0.3, 0.4) is 0 Å². The summed E-state index contributed by atoms with van der Waals surface area (Å²) in [6.45, 7) is 1.00. The molecule has 0 aliphatic carbocycles. The molecule has 0 spiro atoms. The first-order valence-corrected chi connectivity index (χ1v) is 6.60. The van der Waals surface area contributed by atoms with E-state index in [1.165, 1.54) is 11.0 Å². The lowest BCUT2D eigenvalue weighted by molar-refractivity contribution is 0.0747. The van der Waals surface area contributed by atoms with E-state index in [-0.39, 0.29) is 11.5 Å². The maximum absolute atomic E-state index is 13.2. The number of hydrogen-bond donors (Lipinski definition) is 1. The molecule has 2 aromatic carbocycles. The van der Waals surface area contributed by atoms with E-state index in [9.17, 15) is 13.6 Å². The summed E-state index contributed by atoms with van der Waals surface area (Å²) in [6.07, 6.45) is 0. The zero-order valence-corrected chi connectivity index (χ0v) is 11.4. The van der Waals surface area contributed by atoms with Gasteiger partial charge >= 0.3 is 0 Å². The topological polar surface area (TPSA) is 46.3 Å². The molecule has 5 heteroatoms. The Balaban J connectivity index is 2.20. The number of nitrogens with two attached hydrogens (primary N) is 1. The second-order valence-electron chi connectivity index (χ2n) is 4.63. The van der Waals surface area contributed by atoms with Crippen LogP contribution in [0.5, 0.6) is 0 Å². The van der Waals surface area contributed by atoms with Crippen LogP contribution in [0.25, 0.3) is 0 Å². The summed E-state index contributed by atoms with van der Waals surface area (Å²) in [5, 5.41) is 0. The SMILES string of the molecule is NCCN(Cc1ccccc1)C(=O)c1ccc(F)c(F)c1. The number of carbonyl (C=O) groups excluding carboxylic acids is 1. The molecule has 2 N–H and O–H groups in total.